The zero-order valence-electron chi connectivity index (χ0n) is 18.9. The molecule has 10 nitrogen and oxygen atoms in total. The number of nitrogens with zero attached hydrogens (tertiary/aromatic N) is 3. The van der Waals surface area contributed by atoms with Crippen molar-refractivity contribution in [3.63, 3.8) is 0 Å². The Labute approximate surface area is 212 Å². The first-order valence-corrected chi connectivity index (χ1v) is 12.3. The maximum absolute atomic E-state index is 13.2. The van der Waals surface area contributed by atoms with Crippen LogP contribution in [0.5, 0.6) is 5.75 Å². The summed E-state index contributed by atoms with van der Waals surface area (Å²) < 4.78 is 25.4. The lowest BCUT2D eigenvalue weighted by atomic mass is 10.1. The molecular weight excluding hydrogens is 521 g/mol. The van der Waals surface area contributed by atoms with E-state index in [9.17, 15) is 18.8 Å². The molecule has 1 aromatic carbocycles. The Bertz CT molecular complexity index is 1280. The van der Waals surface area contributed by atoms with Crippen molar-refractivity contribution in [1.29, 1.82) is 0 Å². The summed E-state index contributed by atoms with van der Waals surface area (Å²) in [5, 5.41) is 11.6. The predicted molar refractivity (Wildman–Crippen MR) is 130 cm³/mol. The fraction of sp³-hybridized carbons (Fsp3) is 0.286. The zero-order valence-corrected chi connectivity index (χ0v) is 21.3. The van der Waals surface area contributed by atoms with Gasteiger partial charge in [0.15, 0.2) is 11.0 Å². The van der Waals surface area contributed by atoms with E-state index in [0.29, 0.717) is 28.8 Å². The molecule has 0 radical (unpaired) electrons. The van der Waals surface area contributed by atoms with Crippen LogP contribution >= 0.6 is 34.7 Å². The number of nitrogens with one attached hydrogen (secondary N) is 1. The molecule has 0 aliphatic heterocycles. The molecular formula is C21H21ClFN5O5S2. The van der Waals surface area contributed by atoms with Crippen LogP contribution in [0.1, 0.15) is 38.3 Å². The largest absolute Gasteiger partial charge is 0.484 e. The molecule has 0 aliphatic rings. The van der Waals surface area contributed by atoms with Crippen molar-refractivity contribution in [2.24, 2.45) is 5.73 Å². The summed E-state index contributed by atoms with van der Waals surface area (Å²) >= 11 is 8.02. The fourth-order valence-corrected chi connectivity index (χ4v) is 5.17. The second-order valence-electron chi connectivity index (χ2n) is 6.96. The quantitative estimate of drug-likeness (QED) is 0.293. The lowest BCUT2D eigenvalue weighted by Crippen LogP contribution is -2.16. The molecule has 2 heterocycles. The molecule has 35 heavy (non-hydrogen) atoms. The van der Waals surface area contributed by atoms with Gasteiger partial charge in [-0.1, -0.05) is 23.4 Å². The van der Waals surface area contributed by atoms with Gasteiger partial charge < -0.3 is 25.1 Å². The van der Waals surface area contributed by atoms with E-state index in [1.54, 1.807) is 11.5 Å². The number of nitrogens with two attached hydrogens (primary N) is 1. The fourth-order valence-electron chi connectivity index (χ4n) is 3.06. The Kier molecular flexibility index (Phi) is 8.70. The second-order valence-corrected chi connectivity index (χ2v) is 9.33. The van der Waals surface area contributed by atoms with E-state index in [4.69, 9.17) is 26.8 Å². The number of ether oxygens (including phenoxy) is 2. The number of amides is 2. The summed E-state index contributed by atoms with van der Waals surface area (Å²) in [5.74, 6) is -1.56. The molecule has 2 amide bonds. The lowest BCUT2D eigenvalue weighted by Gasteiger charge is -2.10. The molecule has 14 heteroatoms. The van der Waals surface area contributed by atoms with Crippen LogP contribution in [-0.4, -0.2) is 45.4 Å². The van der Waals surface area contributed by atoms with Gasteiger partial charge in [0, 0.05) is 6.54 Å². The van der Waals surface area contributed by atoms with Crippen molar-refractivity contribution in [3.8, 4) is 5.75 Å². The summed E-state index contributed by atoms with van der Waals surface area (Å²) in [6.45, 7) is 3.97. The number of anilines is 1. The van der Waals surface area contributed by atoms with Gasteiger partial charge in [-0.15, -0.1) is 21.5 Å². The summed E-state index contributed by atoms with van der Waals surface area (Å²) in [5.41, 5.74) is 5.79. The highest BCUT2D eigenvalue weighted by Gasteiger charge is 2.25. The molecule has 3 N–H and O–H groups in total. The molecule has 186 valence electrons. The molecule has 3 aromatic rings. The third-order valence-electron chi connectivity index (χ3n) is 4.71. The monoisotopic (exact) mass is 541 g/mol. The van der Waals surface area contributed by atoms with Crippen molar-refractivity contribution < 1.29 is 28.2 Å². The Morgan fingerprint density at radius 1 is 1.31 bits per heavy atom. The molecule has 2 aromatic heterocycles. The summed E-state index contributed by atoms with van der Waals surface area (Å²) in [6.07, 6.45) is 0. The van der Waals surface area contributed by atoms with Crippen molar-refractivity contribution in [3.05, 3.63) is 50.9 Å². The summed E-state index contributed by atoms with van der Waals surface area (Å²) in [6, 6.07) is 3.80. The van der Waals surface area contributed by atoms with Crippen molar-refractivity contribution in [1.82, 2.24) is 14.8 Å². The molecule has 0 aliphatic carbocycles. The van der Waals surface area contributed by atoms with E-state index in [0.717, 1.165) is 29.2 Å². The molecule has 0 spiro atoms. The van der Waals surface area contributed by atoms with Crippen molar-refractivity contribution >= 4 is 57.5 Å². The first kappa shape index (κ1) is 26.4. The summed E-state index contributed by atoms with van der Waals surface area (Å²) in [4.78, 5) is 36.6. The maximum Gasteiger partial charge on any atom is 0.341 e. The number of thioether (sulfide) groups is 1. The second kappa shape index (κ2) is 11.5. The average molecular weight is 542 g/mol. The van der Waals surface area contributed by atoms with E-state index in [2.05, 4.69) is 15.5 Å². The SMILES string of the molecule is CCn1c(COc2ccc(F)cc2Cl)nnc1SCC(=O)Nc1sc(C(N)=O)c(C)c1C(=O)OC. The number of thiophene rings is 1. The van der Waals surface area contributed by atoms with Crippen LogP contribution < -0.4 is 15.8 Å². The topological polar surface area (TPSA) is 138 Å². The maximum atomic E-state index is 13.2. The van der Waals surface area contributed by atoms with Gasteiger partial charge in [-0.2, -0.15) is 0 Å². The van der Waals surface area contributed by atoms with Crippen LogP contribution in [0.2, 0.25) is 5.02 Å². The van der Waals surface area contributed by atoms with E-state index in [-0.39, 0.29) is 32.8 Å². The van der Waals surface area contributed by atoms with Crippen LogP contribution in [0, 0.1) is 12.7 Å². The molecule has 0 bridgehead atoms. The minimum Gasteiger partial charge on any atom is -0.484 e. The standard InChI is InChI=1S/C21H21ClFN5O5S2/c1-4-28-14(8-33-13-6-5-11(23)7-12(13)22)26-27-21(28)34-9-15(29)25-19-16(20(31)32-3)10(2)17(35-19)18(24)30/h5-7H,4,8-9H2,1-3H3,(H2,24,30)(H,25,29). The number of hydrogen-bond donors (Lipinski definition) is 2. The molecule has 0 atom stereocenters. The molecule has 0 fully saturated rings. The van der Waals surface area contributed by atoms with Crippen molar-refractivity contribution in [2.45, 2.75) is 32.2 Å². The Balaban J connectivity index is 1.67. The van der Waals surface area contributed by atoms with Gasteiger partial charge in [0.05, 0.1) is 28.3 Å². The van der Waals surface area contributed by atoms with Crippen molar-refractivity contribution in [2.75, 3.05) is 18.2 Å². The van der Waals surface area contributed by atoms with Gasteiger partial charge >= 0.3 is 5.97 Å². The normalized spacial score (nSPS) is 10.8. The van der Waals surface area contributed by atoms with Gasteiger partial charge in [0.25, 0.3) is 5.91 Å². The van der Waals surface area contributed by atoms with Gasteiger partial charge in [-0.25, -0.2) is 9.18 Å². The van der Waals surface area contributed by atoms with Crippen LogP contribution in [0.25, 0.3) is 0 Å². The third-order valence-corrected chi connectivity index (χ3v) is 7.19. The van der Waals surface area contributed by atoms with E-state index in [1.165, 1.54) is 19.2 Å². The Hall–Kier alpha value is -3.16. The van der Waals surface area contributed by atoms with E-state index >= 15 is 0 Å². The molecule has 3 rings (SSSR count). The third kappa shape index (κ3) is 6.10. The summed E-state index contributed by atoms with van der Waals surface area (Å²) in [7, 11) is 1.20. The highest BCUT2D eigenvalue weighted by Crippen LogP contribution is 2.33. The number of carbonyl (C=O) groups is 3. The van der Waals surface area contributed by atoms with Crippen LogP contribution in [0.4, 0.5) is 9.39 Å². The van der Waals surface area contributed by atoms with Crippen LogP contribution in [0.15, 0.2) is 23.4 Å². The van der Waals surface area contributed by atoms with Gasteiger partial charge in [0.2, 0.25) is 5.91 Å². The number of rotatable bonds is 10. The number of hydrogen-bond acceptors (Lipinski definition) is 9. The highest BCUT2D eigenvalue weighted by molar-refractivity contribution is 7.99. The predicted octanol–water partition coefficient (Wildman–Crippen LogP) is 3.66. The van der Waals surface area contributed by atoms with E-state index in [1.807, 2.05) is 6.92 Å². The number of esters is 1. The number of methoxy groups -OCH3 is 1. The molecule has 0 saturated heterocycles. The number of halogens is 2. The number of carbonyl (C=O) groups excluding carboxylic acids is 3. The van der Waals surface area contributed by atoms with Crippen LogP contribution in [-0.2, 0) is 22.7 Å². The molecule has 0 saturated carbocycles. The Morgan fingerprint density at radius 3 is 2.69 bits per heavy atom. The minimum absolute atomic E-state index is 0.0335. The number of benzene rings is 1. The Morgan fingerprint density at radius 2 is 2.06 bits per heavy atom. The van der Waals surface area contributed by atoms with Gasteiger partial charge in [-0.3, -0.25) is 9.59 Å². The first-order chi connectivity index (χ1) is 16.7. The van der Waals surface area contributed by atoms with Crippen LogP contribution in [0.3, 0.4) is 0 Å². The van der Waals surface area contributed by atoms with Gasteiger partial charge in [-0.05, 0) is 37.6 Å². The first-order valence-electron chi connectivity index (χ1n) is 10.1. The smallest absolute Gasteiger partial charge is 0.341 e. The van der Waals surface area contributed by atoms with E-state index < -0.39 is 23.6 Å². The number of aromatic nitrogens is 3. The molecule has 0 unspecified atom stereocenters. The number of primary amides is 1. The van der Waals surface area contributed by atoms with Gasteiger partial charge in [0.1, 0.15) is 23.2 Å². The highest BCUT2D eigenvalue weighted by atomic mass is 35.5. The average Bonchev–Trinajstić information content (AvgIpc) is 3.36. The lowest BCUT2D eigenvalue weighted by molar-refractivity contribution is -0.113. The minimum atomic E-state index is -0.708. The zero-order chi connectivity index (χ0) is 25.7.